The predicted octanol–water partition coefficient (Wildman–Crippen LogP) is 8.67. The third-order valence-corrected chi connectivity index (χ3v) is 11.1. The molecule has 2 N–H and O–H groups in total. The third-order valence-electron chi connectivity index (χ3n) is 6.90. The van der Waals surface area contributed by atoms with Gasteiger partial charge in [-0.05, 0) is 66.8 Å². The number of alkyl halides is 6. The van der Waals surface area contributed by atoms with E-state index >= 15 is 0 Å². The van der Waals surface area contributed by atoms with Gasteiger partial charge in [-0.1, -0.05) is 154 Å². The summed E-state index contributed by atoms with van der Waals surface area (Å²) in [5.41, 5.74) is 4.52. The molecule has 0 bridgehead atoms. The molecule has 0 heterocycles. The number of benzene rings is 4. The minimum atomic E-state index is -4.06. The van der Waals surface area contributed by atoms with Gasteiger partial charge in [0, 0.05) is 0 Å². The Hall–Kier alpha value is -1.56. The largest absolute Gasteiger partial charge is 0.241 e. The molecule has 4 rings (SSSR count). The molecular formula is C31H28Cl6N2O4S2. The van der Waals surface area contributed by atoms with Gasteiger partial charge in [0.1, 0.15) is 0 Å². The molecule has 6 nitrogen and oxygen atoms in total. The minimum Gasteiger partial charge on any atom is -0.207 e. The molecule has 0 saturated heterocycles. The second kappa shape index (κ2) is 14.3. The lowest BCUT2D eigenvalue weighted by molar-refractivity contribution is 0.557. The van der Waals surface area contributed by atoms with Crippen LogP contribution in [0, 0.1) is 13.8 Å². The first-order valence-corrected chi connectivity index (χ1v) is 18.6. The monoisotopic (exact) mass is 766 g/mol. The highest BCUT2D eigenvalue weighted by atomic mass is 35.6. The van der Waals surface area contributed by atoms with Crippen LogP contribution in [0.3, 0.4) is 0 Å². The third kappa shape index (κ3) is 9.73. The molecule has 4 aromatic carbocycles. The fraction of sp³-hybridized carbons (Fsp3) is 0.226. The molecule has 0 aliphatic rings. The fourth-order valence-corrected chi connectivity index (χ4v) is 8.40. The first-order valence-electron chi connectivity index (χ1n) is 13.3. The van der Waals surface area contributed by atoms with Gasteiger partial charge in [-0.15, -0.1) is 0 Å². The van der Waals surface area contributed by atoms with Crippen molar-refractivity contribution in [3.8, 4) is 0 Å². The molecule has 0 fully saturated rings. The van der Waals surface area contributed by atoms with Crippen LogP contribution in [0.25, 0.3) is 0 Å². The van der Waals surface area contributed by atoms with E-state index in [-0.39, 0.29) is 9.79 Å². The molecule has 0 amide bonds. The molecule has 45 heavy (non-hydrogen) atoms. The number of sulfonamides is 2. The molecule has 0 aliphatic carbocycles. The van der Waals surface area contributed by atoms with Gasteiger partial charge in [-0.25, -0.2) is 16.8 Å². The number of hydrogen-bond acceptors (Lipinski definition) is 4. The van der Waals surface area contributed by atoms with Crippen molar-refractivity contribution in [1.29, 1.82) is 0 Å². The van der Waals surface area contributed by atoms with Crippen molar-refractivity contribution in [3.63, 3.8) is 0 Å². The Morgan fingerprint density at radius 1 is 0.511 bits per heavy atom. The quantitative estimate of drug-likeness (QED) is 0.158. The lowest BCUT2D eigenvalue weighted by atomic mass is 10.1. The molecule has 2 unspecified atom stereocenters. The number of halogens is 6. The van der Waals surface area contributed by atoms with E-state index in [1.165, 1.54) is 24.3 Å². The van der Waals surface area contributed by atoms with Crippen molar-refractivity contribution in [3.05, 3.63) is 130 Å². The number of nitrogens with one attached hydrogen (secondary N) is 2. The standard InChI is InChI=1S/C31H28Cl6N2O4S2/c1-20-3-11-24(12-4-20)28(30(32,33)34)38-44(40,41)26-15-7-22(8-16-26)19-23-9-17-27(18-10-23)45(42,43)39-29(31(35,36)37)25-13-5-21(2)6-14-25/h3-18,28-29,38-39H,19H2,1-2H3. The van der Waals surface area contributed by atoms with Crippen LogP contribution >= 0.6 is 69.6 Å². The topological polar surface area (TPSA) is 92.3 Å². The van der Waals surface area contributed by atoms with Crippen molar-refractivity contribution < 1.29 is 16.8 Å². The maximum Gasteiger partial charge on any atom is 0.241 e. The normalized spacial score (nSPS) is 14.2. The van der Waals surface area contributed by atoms with Crippen LogP contribution < -0.4 is 9.44 Å². The van der Waals surface area contributed by atoms with Gasteiger partial charge < -0.3 is 0 Å². The summed E-state index contributed by atoms with van der Waals surface area (Å²) < 4.78 is 53.9. The zero-order valence-corrected chi connectivity index (χ0v) is 30.0. The van der Waals surface area contributed by atoms with Gasteiger partial charge in [0.2, 0.25) is 27.6 Å². The first-order chi connectivity index (χ1) is 20.8. The van der Waals surface area contributed by atoms with Crippen LogP contribution in [0.4, 0.5) is 0 Å². The summed E-state index contributed by atoms with van der Waals surface area (Å²) in [5.74, 6) is 0. The summed E-state index contributed by atoms with van der Waals surface area (Å²) in [6.07, 6.45) is 0.405. The van der Waals surface area contributed by atoms with Gasteiger partial charge in [0.15, 0.2) is 0 Å². The fourth-order valence-electron chi connectivity index (χ4n) is 4.42. The van der Waals surface area contributed by atoms with E-state index in [4.69, 9.17) is 69.6 Å². The van der Waals surface area contributed by atoms with E-state index in [0.29, 0.717) is 17.5 Å². The Balaban J connectivity index is 1.47. The van der Waals surface area contributed by atoms with E-state index in [9.17, 15) is 16.8 Å². The highest BCUT2D eigenvalue weighted by Gasteiger charge is 2.38. The lowest BCUT2D eigenvalue weighted by Gasteiger charge is -2.26. The molecule has 2 atom stereocenters. The van der Waals surface area contributed by atoms with E-state index in [1.807, 2.05) is 13.8 Å². The Morgan fingerprint density at radius 2 is 0.800 bits per heavy atom. The molecule has 0 aromatic heterocycles. The zero-order valence-electron chi connectivity index (χ0n) is 23.8. The Morgan fingerprint density at radius 3 is 1.07 bits per heavy atom. The van der Waals surface area contributed by atoms with Crippen LogP contribution in [-0.4, -0.2) is 24.4 Å². The van der Waals surface area contributed by atoms with Gasteiger partial charge in [-0.3, -0.25) is 0 Å². The van der Waals surface area contributed by atoms with E-state index in [2.05, 4.69) is 9.44 Å². The average Bonchev–Trinajstić information content (AvgIpc) is 2.95. The van der Waals surface area contributed by atoms with Crippen molar-refractivity contribution in [2.24, 2.45) is 0 Å². The Bertz CT molecular complexity index is 1690. The molecule has 0 saturated carbocycles. The highest BCUT2D eigenvalue weighted by Crippen LogP contribution is 2.42. The van der Waals surface area contributed by atoms with Crippen molar-refractivity contribution in [1.82, 2.24) is 9.44 Å². The van der Waals surface area contributed by atoms with Crippen LogP contribution in [0.5, 0.6) is 0 Å². The molecule has 240 valence electrons. The molecule has 14 heteroatoms. The van der Waals surface area contributed by atoms with Gasteiger partial charge in [0.05, 0.1) is 21.9 Å². The Kier molecular flexibility index (Phi) is 11.5. The first kappa shape index (κ1) is 36.3. The van der Waals surface area contributed by atoms with E-state index in [0.717, 1.165) is 22.3 Å². The van der Waals surface area contributed by atoms with E-state index in [1.54, 1.807) is 72.8 Å². The summed E-state index contributed by atoms with van der Waals surface area (Å²) >= 11 is 36.9. The van der Waals surface area contributed by atoms with Crippen LogP contribution in [0.1, 0.15) is 45.5 Å². The Labute approximate surface area is 294 Å². The summed E-state index contributed by atoms with van der Waals surface area (Å²) in [7, 11) is -8.12. The molecule has 0 aliphatic heterocycles. The van der Waals surface area contributed by atoms with Crippen LogP contribution in [-0.2, 0) is 26.5 Å². The minimum absolute atomic E-state index is 0.0118. The second-order valence-electron chi connectivity index (χ2n) is 10.5. The lowest BCUT2D eigenvalue weighted by Crippen LogP contribution is -2.36. The van der Waals surface area contributed by atoms with Crippen molar-refractivity contribution in [2.45, 2.75) is 49.7 Å². The zero-order chi connectivity index (χ0) is 33.2. The van der Waals surface area contributed by atoms with Crippen LogP contribution in [0.2, 0.25) is 0 Å². The van der Waals surface area contributed by atoms with Gasteiger partial charge >= 0.3 is 0 Å². The average molecular weight is 769 g/mol. The molecular weight excluding hydrogens is 741 g/mol. The number of rotatable bonds is 10. The molecule has 0 spiro atoms. The number of hydrogen-bond donors (Lipinski definition) is 2. The second-order valence-corrected chi connectivity index (χ2v) is 18.6. The maximum absolute atomic E-state index is 13.2. The summed E-state index contributed by atoms with van der Waals surface area (Å²) in [4.78, 5) is -0.0237. The molecule has 4 aromatic rings. The predicted molar refractivity (Wildman–Crippen MR) is 185 cm³/mol. The van der Waals surface area contributed by atoms with Crippen LogP contribution in [0.15, 0.2) is 107 Å². The van der Waals surface area contributed by atoms with Gasteiger partial charge in [-0.2, -0.15) is 9.44 Å². The van der Waals surface area contributed by atoms with Crippen molar-refractivity contribution >= 4 is 89.7 Å². The van der Waals surface area contributed by atoms with Gasteiger partial charge in [0.25, 0.3) is 0 Å². The van der Waals surface area contributed by atoms with Crippen molar-refractivity contribution in [2.75, 3.05) is 0 Å². The smallest absolute Gasteiger partial charge is 0.207 e. The summed E-state index contributed by atoms with van der Waals surface area (Å²) in [5, 5.41) is 0. The summed E-state index contributed by atoms with van der Waals surface area (Å²) in [6, 6.07) is 24.2. The summed E-state index contributed by atoms with van der Waals surface area (Å²) in [6.45, 7) is 3.79. The van der Waals surface area contributed by atoms with E-state index < -0.39 is 39.7 Å². The highest BCUT2D eigenvalue weighted by molar-refractivity contribution is 7.89. The maximum atomic E-state index is 13.2. The SMILES string of the molecule is Cc1ccc(C(NS(=O)(=O)c2ccc(Cc3ccc(S(=O)(=O)NC(c4ccc(C)cc4)C(Cl)(Cl)Cl)cc3)cc2)C(Cl)(Cl)Cl)cc1. The molecule has 0 radical (unpaired) electrons. The number of aryl methyl sites for hydroxylation is 2.